The van der Waals surface area contributed by atoms with E-state index in [1.165, 1.54) is 37.9 Å². The lowest BCUT2D eigenvalue weighted by Crippen LogP contribution is -2.42. The van der Waals surface area contributed by atoms with Gasteiger partial charge in [-0.3, -0.25) is 0 Å². The molecule has 1 saturated heterocycles. The van der Waals surface area contributed by atoms with Gasteiger partial charge in [-0.25, -0.2) is 0 Å². The lowest BCUT2D eigenvalue weighted by atomic mass is 9.94. The molecule has 0 radical (unpaired) electrons. The Balaban J connectivity index is 1.92. The van der Waals surface area contributed by atoms with Gasteiger partial charge in [-0.1, -0.05) is 44.2 Å². The predicted octanol–water partition coefficient (Wildman–Crippen LogP) is 3.85. The lowest BCUT2D eigenvalue weighted by Gasteiger charge is -2.37. The van der Waals surface area contributed by atoms with E-state index in [0.717, 1.165) is 18.5 Å². The second-order valence-electron chi connectivity index (χ2n) is 6.34. The van der Waals surface area contributed by atoms with Gasteiger partial charge in [0.25, 0.3) is 0 Å². The molecule has 0 aliphatic carbocycles. The van der Waals surface area contributed by atoms with Crippen molar-refractivity contribution in [3.05, 3.63) is 35.9 Å². The highest BCUT2D eigenvalue weighted by atomic mass is 15.2. The second kappa shape index (κ2) is 7.80. The minimum absolute atomic E-state index is 0.491. The second-order valence-corrected chi connectivity index (χ2v) is 6.34. The van der Waals surface area contributed by atoms with Gasteiger partial charge in [-0.05, 0) is 44.2 Å². The summed E-state index contributed by atoms with van der Waals surface area (Å²) in [7, 11) is 0. The Morgan fingerprint density at radius 3 is 2.65 bits per heavy atom. The maximum atomic E-state index is 3.64. The first-order chi connectivity index (χ1) is 9.70. The van der Waals surface area contributed by atoms with E-state index in [2.05, 4.69) is 61.3 Å². The summed E-state index contributed by atoms with van der Waals surface area (Å²) in [5.74, 6) is 0.862. The molecule has 3 unspecified atom stereocenters. The maximum Gasteiger partial charge on any atom is 0.0332 e. The molecule has 0 spiro atoms. The summed E-state index contributed by atoms with van der Waals surface area (Å²) in [5.41, 5.74) is 1.42. The minimum Gasteiger partial charge on any atom is -0.310 e. The van der Waals surface area contributed by atoms with Crippen LogP contribution in [0.25, 0.3) is 0 Å². The molecule has 1 aromatic rings. The first kappa shape index (κ1) is 15.5. The summed E-state index contributed by atoms with van der Waals surface area (Å²) < 4.78 is 0. The SMILES string of the molecule is CCNC(CCN1CC(C)CCC1C)c1ccccc1. The fraction of sp³-hybridized carbons (Fsp3) is 0.667. The van der Waals surface area contributed by atoms with Crippen LogP contribution < -0.4 is 5.32 Å². The van der Waals surface area contributed by atoms with Crippen LogP contribution in [0.3, 0.4) is 0 Å². The number of benzene rings is 1. The largest absolute Gasteiger partial charge is 0.310 e. The average molecular weight is 274 g/mol. The third kappa shape index (κ3) is 4.32. The van der Waals surface area contributed by atoms with Crippen LogP contribution in [-0.4, -0.2) is 30.6 Å². The Morgan fingerprint density at radius 2 is 1.95 bits per heavy atom. The van der Waals surface area contributed by atoms with Crippen molar-refractivity contribution in [1.29, 1.82) is 0 Å². The van der Waals surface area contributed by atoms with E-state index in [9.17, 15) is 0 Å². The van der Waals surface area contributed by atoms with Crippen LogP contribution >= 0.6 is 0 Å². The van der Waals surface area contributed by atoms with E-state index < -0.39 is 0 Å². The molecule has 1 aromatic carbocycles. The monoisotopic (exact) mass is 274 g/mol. The summed E-state index contributed by atoms with van der Waals surface area (Å²) in [6.07, 6.45) is 3.96. The number of nitrogens with one attached hydrogen (secondary N) is 1. The van der Waals surface area contributed by atoms with Gasteiger partial charge in [-0.15, -0.1) is 0 Å². The highest BCUT2D eigenvalue weighted by Crippen LogP contribution is 2.23. The number of likely N-dealkylation sites (tertiary alicyclic amines) is 1. The number of nitrogens with zero attached hydrogens (tertiary/aromatic N) is 1. The van der Waals surface area contributed by atoms with Crippen molar-refractivity contribution >= 4 is 0 Å². The Kier molecular flexibility index (Phi) is 6.06. The Morgan fingerprint density at radius 1 is 1.20 bits per heavy atom. The summed E-state index contributed by atoms with van der Waals surface area (Å²) in [5, 5.41) is 3.64. The minimum atomic E-state index is 0.491. The number of hydrogen-bond donors (Lipinski definition) is 1. The normalized spacial score (nSPS) is 25.6. The molecule has 2 heteroatoms. The standard InChI is InChI=1S/C18H30N2/c1-4-19-18(17-8-6-5-7-9-17)12-13-20-14-15(2)10-11-16(20)3/h5-9,15-16,18-19H,4,10-14H2,1-3H3. The van der Waals surface area contributed by atoms with Gasteiger partial charge >= 0.3 is 0 Å². The van der Waals surface area contributed by atoms with Gasteiger partial charge in [0.15, 0.2) is 0 Å². The molecule has 0 saturated carbocycles. The fourth-order valence-corrected chi connectivity index (χ4v) is 3.30. The summed E-state index contributed by atoms with van der Waals surface area (Å²) in [4.78, 5) is 2.68. The molecule has 0 aromatic heterocycles. The quantitative estimate of drug-likeness (QED) is 0.847. The van der Waals surface area contributed by atoms with E-state index in [0.29, 0.717) is 6.04 Å². The fourth-order valence-electron chi connectivity index (χ4n) is 3.30. The highest BCUT2D eigenvalue weighted by Gasteiger charge is 2.23. The van der Waals surface area contributed by atoms with E-state index in [-0.39, 0.29) is 0 Å². The van der Waals surface area contributed by atoms with Gasteiger partial charge in [-0.2, -0.15) is 0 Å². The summed E-state index contributed by atoms with van der Waals surface area (Å²) in [6, 6.07) is 12.1. The Labute approximate surface area is 124 Å². The van der Waals surface area contributed by atoms with Crippen molar-refractivity contribution in [2.75, 3.05) is 19.6 Å². The molecule has 1 N–H and O–H groups in total. The van der Waals surface area contributed by atoms with Crippen LogP contribution in [0.4, 0.5) is 0 Å². The predicted molar refractivity (Wildman–Crippen MR) is 86.9 cm³/mol. The van der Waals surface area contributed by atoms with E-state index in [4.69, 9.17) is 0 Å². The first-order valence-corrected chi connectivity index (χ1v) is 8.23. The van der Waals surface area contributed by atoms with Crippen LogP contribution in [0.1, 0.15) is 51.6 Å². The molecule has 1 fully saturated rings. The van der Waals surface area contributed by atoms with Crippen LogP contribution in [0.15, 0.2) is 30.3 Å². The molecule has 1 aliphatic heterocycles. The topological polar surface area (TPSA) is 15.3 Å². The zero-order valence-electron chi connectivity index (χ0n) is 13.3. The zero-order chi connectivity index (χ0) is 14.4. The number of hydrogen-bond acceptors (Lipinski definition) is 2. The third-order valence-corrected chi connectivity index (χ3v) is 4.60. The van der Waals surface area contributed by atoms with Crippen LogP contribution in [0.2, 0.25) is 0 Å². The summed E-state index contributed by atoms with van der Waals surface area (Å²) >= 11 is 0. The smallest absolute Gasteiger partial charge is 0.0332 e. The number of rotatable bonds is 6. The zero-order valence-corrected chi connectivity index (χ0v) is 13.3. The molecule has 0 bridgehead atoms. The molecule has 0 amide bonds. The van der Waals surface area contributed by atoms with E-state index in [1.54, 1.807) is 0 Å². The van der Waals surface area contributed by atoms with Crippen LogP contribution in [-0.2, 0) is 0 Å². The number of piperidine rings is 1. The van der Waals surface area contributed by atoms with Crippen molar-refractivity contribution < 1.29 is 0 Å². The van der Waals surface area contributed by atoms with Gasteiger partial charge in [0.1, 0.15) is 0 Å². The first-order valence-electron chi connectivity index (χ1n) is 8.23. The van der Waals surface area contributed by atoms with E-state index >= 15 is 0 Å². The van der Waals surface area contributed by atoms with Gasteiger partial charge < -0.3 is 10.2 Å². The average Bonchev–Trinajstić information content (AvgIpc) is 2.47. The van der Waals surface area contributed by atoms with Gasteiger partial charge in [0.2, 0.25) is 0 Å². The van der Waals surface area contributed by atoms with Gasteiger partial charge in [0.05, 0.1) is 0 Å². The van der Waals surface area contributed by atoms with Crippen molar-refractivity contribution in [2.45, 2.75) is 52.1 Å². The lowest BCUT2D eigenvalue weighted by molar-refractivity contribution is 0.119. The Hall–Kier alpha value is -0.860. The summed E-state index contributed by atoms with van der Waals surface area (Å²) in [6.45, 7) is 10.5. The van der Waals surface area contributed by atoms with Gasteiger partial charge in [0, 0.05) is 25.2 Å². The molecular weight excluding hydrogens is 244 g/mol. The molecule has 2 nitrogen and oxygen atoms in total. The highest BCUT2D eigenvalue weighted by molar-refractivity contribution is 5.18. The molecule has 1 aliphatic rings. The molecule has 1 heterocycles. The molecule has 112 valence electrons. The van der Waals surface area contributed by atoms with Crippen LogP contribution in [0, 0.1) is 5.92 Å². The van der Waals surface area contributed by atoms with Crippen molar-refractivity contribution in [3.8, 4) is 0 Å². The maximum absolute atomic E-state index is 3.64. The van der Waals surface area contributed by atoms with Crippen molar-refractivity contribution in [1.82, 2.24) is 10.2 Å². The van der Waals surface area contributed by atoms with Crippen LogP contribution in [0.5, 0.6) is 0 Å². The molecule has 2 rings (SSSR count). The van der Waals surface area contributed by atoms with Crippen molar-refractivity contribution in [3.63, 3.8) is 0 Å². The van der Waals surface area contributed by atoms with E-state index in [1.807, 2.05) is 0 Å². The molecular formula is C18H30N2. The Bertz CT molecular complexity index is 376. The third-order valence-electron chi connectivity index (χ3n) is 4.60. The van der Waals surface area contributed by atoms with Crippen molar-refractivity contribution in [2.24, 2.45) is 5.92 Å². The molecule has 20 heavy (non-hydrogen) atoms. The molecule has 3 atom stereocenters.